The molecule has 0 atom stereocenters. The van der Waals surface area contributed by atoms with Gasteiger partial charge in [-0.2, -0.15) is 5.26 Å². The summed E-state index contributed by atoms with van der Waals surface area (Å²) in [7, 11) is 1.55. The maximum Gasteiger partial charge on any atom is 0.233 e. The molecule has 0 fully saturated rings. The van der Waals surface area contributed by atoms with E-state index >= 15 is 0 Å². The molecule has 0 aliphatic carbocycles. The number of ether oxygens (including phenoxy) is 1. The molecule has 0 bridgehead atoms. The van der Waals surface area contributed by atoms with E-state index in [0.717, 1.165) is 5.56 Å². The quantitative estimate of drug-likeness (QED) is 0.510. The minimum atomic E-state index is -0.630. The Hall–Kier alpha value is -3.78. The summed E-state index contributed by atoms with van der Waals surface area (Å²) >= 11 is 0. The molecule has 1 aromatic heterocycles. The fourth-order valence-electron chi connectivity index (χ4n) is 2.83. The van der Waals surface area contributed by atoms with Gasteiger partial charge in [-0.1, -0.05) is 6.07 Å². The van der Waals surface area contributed by atoms with E-state index in [9.17, 15) is 14.9 Å². The molecule has 3 aromatic rings. The fraction of sp³-hybridized carbons (Fsp3) is 0.0909. The molecule has 0 unspecified atom stereocenters. The number of Topliss-reactive ketones (excluding diaryl/α,β-unsaturated/α-hetero) is 2. The van der Waals surface area contributed by atoms with Crippen molar-refractivity contribution in [3.63, 3.8) is 0 Å². The first kappa shape index (κ1) is 18.0. The minimum absolute atomic E-state index is 0.228. The summed E-state index contributed by atoms with van der Waals surface area (Å²) in [4.78, 5) is 29.4. The molecule has 27 heavy (non-hydrogen) atoms. The summed E-state index contributed by atoms with van der Waals surface area (Å²) in [5, 5.41) is 9.34. The van der Waals surface area contributed by atoms with E-state index in [0.29, 0.717) is 28.0 Å². The Morgan fingerprint density at radius 1 is 1.04 bits per heavy atom. The molecule has 0 radical (unpaired) electrons. The highest BCUT2D eigenvalue weighted by molar-refractivity contribution is 6.49. The Labute approximate surface area is 156 Å². The summed E-state index contributed by atoms with van der Waals surface area (Å²) in [6, 6.07) is 15.1. The molecule has 3 rings (SSSR count). The Kier molecular flexibility index (Phi) is 5.09. The normalized spacial score (nSPS) is 10.1. The smallest absolute Gasteiger partial charge is 0.233 e. The molecule has 5 nitrogen and oxygen atoms in total. The van der Waals surface area contributed by atoms with Crippen molar-refractivity contribution in [1.82, 2.24) is 4.98 Å². The van der Waals surface area contributed by atoms with Crippen LogP contribution in [0.25, 0.3) is 11.1 Å². The Balaban J connectivity index is 1.99. The van der Waals surface area contributed by atoms with Crippen LogP contribution in [0.2, 0.25) is 0 Å². The Bertz CT molecular complexity index is 1070. The van der Waals surface area contributed by atoms with Gasteiger partial charge in [-0.05, 0) is 55.0 Å². The van der Waals surface area contributed by atoms with Gasteiger partial charge in [0, 0.05) is 34.6 Å². The van der Waals surface area contributed by atoms with Crippen LogP contribution >= 0.6 is 0 Å². The van der Waals surface area contributed by atoms with Crippen LogP contribution < -0.4 is 4.74 Å². The van der Waals surface area contributed by atoms with E-state index in [1.54, 1.807) is 62.0 Å². The zero-order valence-electron chi connectivity index (χ0n) is 14.9. The molecule has 0 N–H and O–H groups in total. The van der Waals surface area contributed by atoms with Crippen LogP contribution in [0.3, 0.4) is 0 Å². The molecular weight excluding hydrogens is 340 g/mol. The van der Waals surface area contributed by atoms with E-state index in [1.165, 1.54) is 6.07 Å². The summed E-state index contributed by atoms with van der Waals surface area (Å²) in [5.74, 6) is -0.590. The van der Waals surface area contributed by atoms with Gasteiger partial charge >= 0.3 is 0 Å². The first-order chi connectivity index (χ1) is 13.0. The minimum Gasteiger partial charge on any atom is -0.496 e. The number of aromatic nitrogens is 1. The number of hydrogen-bond acceptors (Lipinski definition) is 5. The lowest BCUT2D eigenvalue weighted by molar-refractivity contribution is 0.0817. The highest BCUT2D eigenvalue weighted by Gasteiger charge is 2.20. The number of methoxy groups -OCH3 is 1. The third-order valence-electron chi connectivity index (χ3n) is 4.24. The van der Waals surface area contributed by atoms with Crippen molar-refractivity contribution in [2.45, 2.75) is 6.92 Å². The zero-order chi connectivity index (χ0) is 19.4. The van der Waals surface area contributed by atoms with Crippen LogP contribution in [0.5, 0.6) is 5.75 Å². The van der Waals surface area contributed by atoms with Gasteiger partial charge in [0.2, 0.25) is 11.6 Å². The second kappa shape index (κ2) is 7.63. The lowest BCUT2D eigenvalue weighted by Gasteiger charge is -2.08. The number of nitrogens with zero attached hydrogens (tertiary/aromatic N) is 2. The Morgan fingerprint density at radius 2 is 1.74 bits per heavy atom. The van der Waals surface area contributed by atoms with E-state index in [1.807, 2.05) is 6.92 Å². The number of carbonyl (C=O) groups excluding carboxylic acids is 2. The maximum atomic E-state index is 12.7. The predicted molar refractivity (Wildman–Crippen MR) is 101 cm³/mol. The van der Waals surface area contributed by atoms with Crippen molar-refractivity contribution in [3.05, 3.63) is 83.2 Å². The van der Waals surface area contributed by atoms with E-state index < -0.39 is 11.6 Å². The van der Waals surface area contributed by atoms with Crippen LogP contribution in [-0.2, 0) is 0 Å². The first-order valence-electron chi connectivity index (χ1n) is 8.23. The fourth-order valence-corrected chi connectivity index (χ4v) is 2.83. The molecule has 0 aliphatic heterocycles. The number of rotatable bonds is 5. The third kappa shape index (κ3) is 3.60. The average molecular weight is 356 g/mol. The second-order valence-electron chi connectivity index (χ2n) is 5.96. The molecule has 132 valence electrons. The van der Waals surface area contributed by atoms with Gasteiger partial charge < -0.3 is 4.74 Å². The van der Waals surface area contributed by atoms with Crippen LogP contribution in [0.1, 0.15) is 31.8 Å². The molecule has 0 aliphatic rings. The van der Waals surface area contributed by atoms with Gasteiger partial charge in [0.25, 0.3) is 0 Å². The van der Waals surface area contributed by atoms with Crippen molar-refractivity contribution < 1.29 is 14.3 Å². The number of hydrogen-bond donors (Lipinski definition) is 0. The van der Waals surface area contributed by atoms with E-state index in [2.05, 4.69) is 11.1 Å². The summed E-state index contributed by atoms with van der Waals surface area (Å²) in [6.45, 7) is 1.81. The predicted octanol–water partition coefficient (Wildman–Crippen LogP) is 4.00. The molecule has 5 heteroatoms. The van der Waals surface area contributed by atoms with Crippen LogP contribution in [-0.4, -0.2) is 23.7 Å². The average Bonchev–Trinajstić information content (AvgIpc) is 2.72. The van der Waals surface area contributed by atoms with Crippen molar-refractivity contribution in [1.29, 1.82) is 5.26 Å². The number of ketones is 2. The van der Waals surface area contributed by atoms with Gasteiger partial charge in [0.1, 0.15) is 5.75 Å². The summed E-state index contributed by atoms with van der Waals surface area (Å²) in [5.41, 5.74) is 2.97. The van der Waals surface area contributed by atoms with Gasteiger partial charge in [-0.3, -0.25) is 14.6 Å². The second-order valence-corrected chi connectivity index (χ2v) is 5.96. The number of nitriles is 1. The van der Waals surface area contributed by atoms with Crippen molar-refractivity contribution >= 4 is 11.6 Å². The summed E-state index contributed by atoms with van der Waals surface area (Å²) < 4.78 is 5.18. The van der Waals surface area contributed by atoms with E-state index in [-0.39, 0.29) is 5.56 Å². The van der Waals surface area contributed by atoms with Crippen molar-refractivity contribution in [2.75, 3.05) is 7.11 Å². The standard InChI is InChI=1S/C22H16N2O3/c1-14-10-15(7-8-20(14)27-2)21(25)22(26)16-5-6-17(12-23)19(11-16)18-4-3-9-24-13-18/h3-11,13H,1-2H3. The third-order valence-corrected chi connectivity index (χ3v) is 4.24. The lowest BCUT2D eigenvalue weighted by atomic mass is 9.94. The lowest BCUT2D eigenvalue weighted by Crippen LogP contribution is -2.15. The molecule has 0 spiro atoms. The van der Waals surface area contributed by atoms with Gasteiger partial charge in [-0.25, -0.2) is 0 Å². The number of pyridine rings is 1. The molecular formula is C22H16N2O3. The number of benzene rings is 2. The highest BCUT2D eigenvalue weighted by atomic mass is 16.5. The van der Waals surface area contributed by atoms with Crippen LogP contribution in [0.15, 0.2) is 60.9 Å². The molecule has 0 amide bonds. The van der Waals surface area contributed by atoms with Crippen molar-refractivity contribution in [3.8, 4) is 22.9 Å². The van der Waals surface area contributed by atoms with Crippen LogP contribution in [0.4, 0.5) is 0 Å². The summed E-state index contributed by atoms with van der Waals surface area (Å²) in [6.07, 6.45) is 3.24. The molecule has 0 saturated heterocycles. The maximum absolute atomic E-state index is 12.7. The zero-order valence-corrected chi connectivity index (χ0v) is 14.9. The monoisotopic (exact) mass is 356 g/mol. The molecule has 1 heterocycles. The molecule has 2 aromatic carbocycles. The Morgan fingerprint density at radius 3 is 2.33 bits per heavy atom. The van der Waals surface area contributed by atoms with Gasteiger partial charge in [0.15, 0.2) is 0 Å². The van der Waals surface area contributed by atoms with Gasteiger partial charge in [0.05, 0.1) is 18.7 Å². The molecule has 0 saturated carbocycles. The SMILES string of the molecule is COc1ccc(C(=O)C(=O)c2ccc(C#N)c(-c3cccnc3)c2)cc1C. The number of carbonyl (C=O) groups is 2. The number of aryl methyl sites for hydroxylation is 1. The van der Waals surface area contributed by atoms with Crippen molar-refractivity contribution in [2.24, 2.45) is 0 Å². The van der Waals surface area contributed by atoms with Crippen LogP contribution in [0, 0.1) is 18.3 Å². The largest absolute Gasteiger partial charge is 0.496 e. The van der Waals surface area contributed by atoms with Gasteiger partial charge in [-0.15, -0.1) is 0 Å². The highest BCUT2D eigenvalue weighted by Crippen LogP contribution is 2.25. The first-order valence-corrected chi connectivity index (χ1v) is 8.23. The topological polar surface area (TPSA) is 80.0 Å². The van der Waals surface area contributed by atoms with E-state index in [4.69, 9.17) is 4.74 Å².